The summed E-state index contributed by atoms with van der Waals surface area (Å²) in [7, 11) is 3.28. The van der Waals surface area contributed by atoms with Crippen molar-refractivity contribution in [3.63, 3.8) is 0 Å². The van der Waals surface area contributed by atoms with E-state index in [1.165, 1.54) is 0 Å². The molecule has 1 aromatic carbocycles. The Kier molecular flexibility index (Phi) is 5.39. The summed E-state index contributed by atoms with van der Waals surface area (Å²) < 4.78 is 12.6. The van der Waals surface area contributed by atoms with E-state index < -0.39 is 6.23 Å². The molecule has 1 unspecified atom stereocenters. The third kappa shape index (κ3) is 3.63. The Morgan fingerprint density at radius 2 is 2.00 bits per heavy atom. The Balaban J connectivity index is 2.01. The molecule has 3 aromatic rings. The van der Waals surface area contributed by atoms with Gasteiger partial charge in [0.15, 0.2) is 5.65 Å². The molecule has 2 aromatic heterocycles. The normalized spacial score (nSPS) is 12.3. The maximum Gasteiger partial charge on any atom is 0.157 e. The van der Waals surface area contributed by atoms with Crippen LogP contribution in [-0.2, 0) is 6.42 Å². The first kappa shape index (κ1) is 18.2. The fourth-order valence-corrected chi connectivity index (χ4v) is 2.95. The molecule has 7 heteroatoms. The van der Waals surface area contributed by atoms with Crippen LogP contribution in [0, 0.1) is 6.92 Å². The molecule has 0 amide bonds. The third-order valence-electron chi connectivity index (χ3n) is 4.39. The van der Waals surface area contributed by atoms with E-state index in [0.717, 1.165) is 40.2 Å². The van der Waals surface area contributed by atoms with Gasteiger partial charge in [-0.1, -0.05) is 0 Å². The van der Waals surface area contributed by atoms with Gasteiger partial charge in [-0.2, -0.15) is 5.10 Å². The van der Waals surface area contributed by atoms with E-state index >= 15 is 0 Å². The molecule has 7 nitrogen and oxygen atoms in total. The van der Waals surface area contributed by atoms with Crippen LogP contribution in [0.3, 0.4) is 0 Å². The van der Waals surface area contributed by atoms with Crippen molar-refractivity contribution in [1.82, 2.24) is 19.9 Å². The number of fused-ring (bicyclic) bond motifs is 1. The minimum absolute atomic E-state index is 0.529. The number of aliphatic hydroxyl groups excluding tert-OH is 1. The van der Waals surface area contributed by atoms with E-state index in [1.54, 1.807) is 38.1 Å². The molecule has 0 spiro atoms. The number of methoxy groups -OCH3 is 2. The lowest BCUT2D eigenvalue weighted by molar-refractivity contribution is 0.157. The van der Waals surface area contributed by atoms with Gasteiger partial charge in [-0.25, -0.2) is 9.50 Å². The lowest BCUT2D eigenvalue weighted by Gasteiger charge is -2.14. The summed E-state index contributed by atoms with van der Waals surface area (Å²) >= 11 is 0. The highest BCUT2D eigenvalue weighted by molar-refractivity contribution is 5.67. The van der Waals surface area contributed by atoms with Crippen molar-refractivity contribution in [2.24, 2.45) is 0 Å². The number of hydrogen-bond donors (Lipinski definition) is 2. The standard InChI is InChI=1S/C19H24N4O3/c1-12-14(5-6-20-13(2)24)7-15(8-18(12)26-4)17-11-21-19-9-16(25-3)10-22-23(17)19/h7-11,13,20,24H,5-6H2,1-4H3. The summed E-state index contributed by atoms with van der Waals surface area (Å²) in [5.74, 6) is 1.49. The number of rotatable bonds is 7. The van der Waals surface area contributed by atoms with Gasteiger partial charge in [0.05, 0.1) is 32.3 Å². The van der Waals surface area contributed by atoms with Gasteiger partial charge in [-0.15, -0.1) is 0 Å². The summed E-state index contributed by atoms with van der Waals surface area (Å²) in [6.07, 6.45) is 3.71. The average Bonchev–Trinajstić information content (AvgIpc) is 3.05. The number of ether oxygens (including phenoxy) is 2. The van der Waals surface area contributed by atoms with Crippen LogP contribution < -0.4 is 14.8 Å². The van der Waals surface area contributed by atoms with Crippen LogP contribution in [0.25, 0.3) is 16.9 Å². The second-order valence-corrected chi connectivity index (χ2v) is 6.15. The van der Waals surface area contributed by atoms with Crippen molar-refractivity contribution in [2.75, 3.05) is 20.8 Å². The minimum Gasteiger partial charge on any atom is -0.496 e. The van der Waals surface area contributed by atoms with Crippen molar-refractivity contribution in [3.8, 4) is 22.8 Å². The molecule has 0 fully saturated rings. The molecule has 2 N–H and O–H groups in total. The number of aromatic nitrogens is 3. The van der Waals surface area contributed by atoms with Crippen molar-refractivity contribution in [3.05, 3.63) is 41.7 Å². The van der Waals surface area contributed by atoms with Gasteiger partial charge >= 0.3 is 0 Å². The number of nitrogens with one attached hydrogen (secondary N) is 1. The van der Waals surface area contributed by atoms with Crippen molar-refractivity contribution in [2.45, 2.75) is 26.5 Å². The number of aliphatic hydroxyl groups is 1. The number of hydrogen-bond acceptors (Lipinski definition) is 6. The smallest absolute Gasteiger partial charge is 0.157 e. The van der Waals surface area contributed by atoms with Crippen molar-refractivity contribution >= 4 is 5.65 Å². The highest BCUT2D eigenvalue weighted by Crippen LogP contribution is 2.31. The number of imidazole rings is 1. The fraction of sp³-hybridized carbons (Fsp3) is 0.368. The Hall–Kier alpha value is -2.64. The van der Waals surface area contributed by atoms with Crippen LogP contribution in [0.4, 0.5) is 0 Å². The maximum absolute atomic E-state index is 9.40. The molecule has 0 saturated heterocycles. The van der Waals surface area contributed by atoms with Gasteiger partial charge in [0.25, 0.3) is 0 Å². The molecule has 1 atom stereocenters. The van der Waals surface area contributed by atoms with E-state index in [2.05, 4.69) is 21.5 Å². The molecule has 138 valence electrons. The van der Waals surface area contributed by atoms with Crippen molar-refractivity contribution < 1.29 is 14.6 Å². The second kappa shape index (κ2) is 7.72. The summed E-state index contributed by atoms with van der Waals surface area (Å²) in [6.45, 7) is 4.42. The van der Waals surface area contributed by atoms with E-state index in [-0.39, 0.29) is 0 Å². The predicted molar refractivity (Wildman–Crippen MR) is 99.7 cm³/mol. The van der Waals surface area contributed by atoms with Gasteiger partial charge < -0.3 is 14.6 Å². The van der Waals surface area contributed by atoms with Gasteiger partial charge in [0.1, 0.15) is 17.7 Å². The Labute approximate surface area is 152 Å². The van der Waals surface area contributed by atoms with Crippen molar-refractivity contribution in [1.29, 1.82) is 0 Å². The Bertz CT molecular complexity index is 905. The summed E-state index contributed by atoms with van der Waals surface area (Å²) in [4.78, 5) is 4.43. The average molecular weight is 356 g/mol. The second-order valence-electron chi connectivity index (χ2n) is 6.15. The molecule has 0 aliphatic rings. The van der Waals surface area contributed by atoms with E-state index in [1.807, 2.05) is 19.1 Å². The van der Waals surface area contributed by atoms with Crippen LogP contribution >= 0.6 is 0 Å². The summed E-state index contributed by atoms with van der Waals surface area (Å²) in [6, 6.07) is 5.96. The zero-order valence-corrected chi connectivity index (χ0v) is 15.5. The molecule has 0 bridgehead atoms. The lowest BCUT2D eigenvalue weighted by atomic mass is 9.99. The largest absolute Gasteiger partial charge is 0.496 e. The maximum atomic E-state index is 9.40. The molecule has 2 heterocycles. The van der Waals surface area contributed by atoms with E-state index in [0.29, 0.717) is 12.3 Å². The van der Waals surface area contributed by atoms with Crippen LogP contribution in [0.5, 0.6) is 11.5 Å². The third-order valence-corrected chi connectivity index (χ3v) is 4.39. The monoisotopic (exact) mass is 356 g/mol. The molecular formula is C19H24N4O3. The molecule has 3 rings (SSSR count). The van der Waals surface area contributed by atoms with Crippen LogP contribution in [0.1, 0.15) is 18.1 Å². The highest BCUT2D eigenvalue weighted by Gasteiger charge is 2.13. The number of benzene rings is 1. The van der Waals surface area contributed by atoms with Gasteiger partial charge in [0.2, 0.25) is 0 Å². The predicted octanol–water partition coefficient (Wildman–Crippen LogP) is 2.19. The number of nitrogens with zero attached hydrogens (tertiary/aromatic N) is 3. The van der Waals surface area contributed by atoms with E-state index in [4.69, 9.17) is 9.47 Å². The zero-order chi connectivity index (χ0) is 18.7. The van der Waals surface area contributed by atoms with Gasteiger partial charge in [0, 0.05) is 18.2 Å². The van der Waals surface area contributed by atoms with Gasteiger partial charge in [-0.05, 0) is 43.5 Å². The topological polar surface area (TPSA) is 80.9 Å². The highest BCUT2D eigenvalue weighted by atomic mass is 16.5. The first-order chi connectivity index (χ1) is 12.5. The van der Waals surface area contributed by atoms with Gasteiger partial charge in [-0.3, -0.25) is 5.32 Å². The Morgan fingerprint density at radius 1 is 1.19 bits per heavy atom. The Morgan fingerprint density at radius 3 is 2.69 bits per heavy atom. The summed E-state index contributed by atoms with van der Waals surface area (Å²) in [5, 5.41) is 16.9. The first-order valence-corrected chi connectivity index (χ1v) is 8.50. The summed E-state index contributed by atoms with van der Waals surface area (Å²) in [5.41, 5.74) is 4.81. The van der Waals surface area contributed by atoms with E-state index in [9.17, 15) is 5.11 Å². The first-order valence-electron chi connectivity index (χ1n) is 8.50. The molecule has 0 aliphatic heterocycles. The fourth-order valence-electron chi connectivity index (χ4n) is 2.95. The molecule has 0 radical (unpaired) electrons. The minimum atomic E-state index is -0.529. The van der Waals surface area contributed by atoms with Crippen LogP contribution in [-0.4, -0.2) is 46.7 Å². The lowest BCUT2D eigenvalue weighted by Crippen LogP contribution is -2.27. The SMILES string of the molecule is COc1cnn2c(-c3cc(CCNC(C)O)c(C)c(OC)c3)cnc2c1. The molecule has 0 aliphatic carbocycles. The molecule has 0 saturated carbocycles. The molecule has 26 heavy (non-hydrogen) atoms. The van der Waals surface area contributed by atoms with Crippen LogP contribution in [0.2, 0.25) is 0 Å². The quantitative estimate of drug-likeness (QED) is 0.632. The van der Waals surface area contributed by atoms with Crippen LogP contribution in [0.15, 0.2) is 30.6 Å². The molecular weight excluding hydrogens is 332 g/mol. The zero-order valence-electron chi connectivity index (χ0n) is 15.5.